The van der Waals surface area contributed by atoms with Gasteiger partial charge in [-0.1, -0.05) is 54.6 Å². The van der Waals surface area contributed by atoms with Gasteiger partial charge in [-0.2, -0.15) is 0 Å². The van der Waals surface area contributed by atoms with Gasteiger partial charge in [-0.15, -0.1) is 11.3 Å². The highest BCUT2D eigenvalue weighted by Crippen LogP contribution is 2.27. The van der Waals surface area contributed by atoms with E-state index in [1.807, 2.05) is 28.5 Å². The normalized spacial score (nSPS) is 14.3. The fraction of sp³-hybridized carbons (Fsp3) is 0.208. The molecular weight excluding hydrogens is 392 g/mol. The Labute approximate surface area is 179 Å². The molecule has 30 heavy (non-hydrogen) atoms. The van der Waals surface area contributed by atoms with Crippen molar-refractivity contribution in [1.82, 2.24) is 14.9 Å². The van der Waals surface area contributed by atoms with Crippen molar-refractivity contribution in [1.29, 1.82) is 0 Å². The van der Waals surface area contributed by atoms with Crippen molar-refractivity contribution >= 4 is 33.3 Å². The number of thiophene rings is 1. The van der Waals surface area contributed by atoms with E-state index in [0.29, 0.717) is 6.42 Å². The first-order chi connectivity index (χ1) is 14.8. The number of anilines is 1. The highest BCUT2D eigenvalue weighted by molar-refractivity contribution is 7.16. The van der Waals surface area contributed by atoms with Gasteiger partial charge in [-0.3, -0.25) is 4.79 Å². The zero-order valence-electron chi connectivity index (χ0n) is 16.6. The first-order valence-electron chi connectivity index (χ1n) is 10.1. The first kappa shape index (κ1) is 18.8. The third-order valence-corrected chi connectivity index (χ3v) is 6.41. The van der Waals surface area contributed by atoms with E-state index in [9.17, 15) is 4.79 Å². The summed E-state index contributed by atoms with van der Waals surface area (Å²) in [4.78, 5) is 26.9. The predicted octanol–water partition coefficient (Wildman–Crippen LogP) is 4.25. The molecule has 6 heteroatoms. The minimum absolute atomic E-state index is 0.186. The number of benzene rings is 2. The number of hydrogen-bond donors (Lipinski definition) is 0. The maximum absolute atomic E-state index is 12.8. The molecule has 1 saturated heterocycles. The van der Waals surface area contributed by atoms with Crippen LogP contribution in [-0.2, 0) is 11.2 Å². The summed E-state index contributed by atoms with van der Waals surface area (Å²) in [5, 5.41) is 3.15. The van der Waals surface area contributed by atoms with Crippen molar-refractivity contribution in [2.75, 3.05) is 31.1 Å². The zero-order valence-corrected chi connectivity index (χ0v) is 17.4. The van der Waals surface area contributed by atoms with E-state index in [4.69, 9.17) is 0 Å². The Morgan fingerprint density at radius 3 is 2.37 bits per heavy atom. The molecule has 0 saturated carbocycles. The second kappa shape index (κ2) is 8.24. The lowest BCUT2D eigenvalue weighted by Crippen LogP contribution is -2.49. The summed E-state index contributed by atoms with van der Waals surface area (Å²) in [6, 6.07) is 20.7. The van der Waals surface area contributed by atoms with Crippen LogP contribution in [0.1, 0.15) is 5.56 Å². The molecule has 150 valence electrons. The maximum atomic E-state index is 12.8. The second-order valence-corrected chi connectivity index (χ2v) is 8.34. The van der Waals surface area contributed by atoms with Gasteiger partial charge in [-0.05, 0) is 28.1 Å². The molecule has 0 bridgehead atoms. The van der Waals surface area contributed by atoms with E-state index in [1.165, 1.54) is 11.1 Å². The van der Waals surface area contributed by atoms with Crippen molar-refractivity contribution in [2.45, 2.75) is 6.42 Å². The van der Waals surface area contributed by atoms with Crippen LogP contribution in [0.25, 0.3) is 21.3 Å². The van der Waals surface area contributed by atoms with Crippen LogP contribution >= 0.6 is 11.3 Å². The van der Waals surface area contributed by atoms with E-state index in [-0.39, 0.29) is 5.91 Å². The number of hydrogen-bond acceptors (Lipinski definition) is 5. The summed E-state index contributed by atoms with van der Waals surface area (Å²) in [5.74, 6) is 1.16. The fourth-order valence-electron chi connectivity index (χ4n) is 3.93. The van der Waals surface area contributed by atoms with Gasteiger partial charge >= 0.3 is 0 Å². The van der Waals surface area contributed by atoms with Crippen LogP contribution < -0.4 is 4.90 Å². The van der Waals surface area contributed by atoms with Crippen LogP contribution in [-0.4, -0.2) is 47.0 Å². The number of amides is 1. The summed E-state index contributed by atoms with van der Waals surface area (Å²) >= 11 is 1.63. The van der Waals surface area contributed by atoms with Gasteiger partial charge in [0.05, 0.1) is 11.8 Å². The van der Waals surface area contributed by atoms with E-state index in [1.54, 1.807) is 17.7 Å². The molecule has 0 unspecified atom stereocenters. The predicted molar refractivity (Wildman–Crippen MR) is 122 cm³/mol. The third-order valence-electron chi connectivity index (χ3n) is 5.59. The van der Waals surface area contributed by atoms with Gasteiger partial charge in [0.2, 0.25) is 5.91 Å². The van der Waals surface area contributed by atoms with Gasteiger partial charge in [0.25, 0.3) is 0 Å². The molecule has 0 radical (unpaired) electrons. The fourth-order valence-corrected chi connectivity index (χ4v) is 4.66. The minimum Gasteiger partial charge on any atom is -0.352 e. The number of carbonyl (C=O) groups excluding carboxylic acids is 1. The maximum Gasteiger partial charge on any atom is 0.227 e. The van der Waals surface area contributed by atoms with Gasteiger partial charge in [0.1, 0.15) is 17.0 Å². The van der Waals surface area contributed by atoms with Gasteiger partial charge in [-0.25, -0.2) is 9.97 Å². The molecule has 4 aromatic rings. The molecule has 2 aromatic carbocycles. The van der Waals surface area contributed by atoms with E-state index < -0.39 is 0 Å². The Morgan fingerprint density at radius 1 is 0.867 bits per heavy atom. The lowest BCUT2D eigenvalue weighted by molar-refractivity contribution is -0.130. The molecule has 0 N–H and O–H groups in total. The van der Waals surface area contributed by atoms with Crippen molar-refractivity contribution < 1.29 is 4.79 Å². The van der Waals surface area contributed by atoms with Crippen LogP contribution in [0.5, 0.6) is 0 Å². The highest BCUT2D eigenvalue weighted by Gasteiger charge is 2.23. The van der Waals surface area contributed by atoms with Gasteiger partial charge < -0.3 is 9.80 Å². The number of fused-ring (bicyclic) bond motifs is 1. The summed E-state index contributed by atoms with van der Waals surface area (Å²) in [5.41, 5.74) is 3.42. The first-order valence-corrected chi connectivity index (χ1v) is 11.0. The average molecular weight is 415 g/mol. The molecule has 0 aliphatic carbocycles. The van der Waals surface area contributed by atoms with Crippen molar-refractivity contribution in [3.05, 3.63) is 77.9 Å². The zero-order chi connectivity index (χ0) is 20.3. The van der Waals surface area contributed by atoms with E-state index >= 15 is 0 Å². The largest absolute Gasteiger partial charge is 0.352 e. The second-order valence-electron chi connectivity index (χ2n) is 7.44. The lowest BCUT2D eigenvalue weighted by Gasteiger charge is -2.35. The molecule has 1 aliphatic heterocycles. The van der Waals surface area contributed by atoms with Crippen molar-refractivity contribution in [2.24, 2.45) is 0 Å². The van der Waals surface area contributed by atoms with Crippen molar-refractivity contribution in [3.63, 3.8) is 0 Å². The molecule has 0 spiro atoms. The smallest absolute Gasteiger partial charge is 0.227 e. The molecule has 1 fully saturated rings. The van der Waals surface area contributed by atoms with Crippen LogP contribution in [0.3, 0.4) is 0 Å². The summed E-state index contributed by atoms with van der Waals surface area (Å²) in [6.45, 7) is 3.02. The van der Waals surface area contributed by atoms with Gasteiger partial charge in [0.15, 0.2) is 0 Å². The molecule has 3 heterocycles. The van der Waals surface area contributed by atoms with Crippen LogP contribution in [0.2, 0.25) is 0 Å². The molecule has 1 aliphatic rings. The average Bonchev–Trinajstić information content (AvgIpc) is 3.29. The summed E-state index contributed by atoms with van der Waals surface area (Å²) < 4.78 is 0. The Balaban J connectivity index is 1.20. The number of piperazine rings is 1. The SMILES string of the molecule is O=C(Cc1ccc(-c2ccccc2)cc1)N1CCN(c2ncnc3sccc23)CC1. The Hall–Kier alpha value is -3.25. The number of rotatable bonds is 4. The lowest BCUT2D eigenvalue weighted by atomic mass is 10.0. The van der Waals surface area contributed by atoms with Gasteiger partial charge in [0, 0.05) is 26.2 Å². The third kappa shape index (κ3) is 3.78. The summed E-state index contributed by atoms with van der Waals surface area (Å²) in [7, 11) is 0. The molecule has 1 amide bonds. The van der Waals surface area contributed by atoms with Crippen LogP contribution in [0, 0.1) is 0 Å². The van der Waals surface area contributed by atoms with E-state index in [2.05, 4.69) is 57.3 Å². The Bertz CT molecular complexity index is 1150. The number of nitrogens with zero attached hydrogens (tertiary/aromatic N) is 4. The summed E-state index contributed by atoms with van der Waals surface area (Å²) in [6.07, 6.45) is 2.07. The number of aromatic nitrogens is 2. The quantitative estimate of drug-likeness (QED) is 0.501. The minimum atomic E-state index is 0.186. The van der Waals surface area contributed by atoms with Crippen LogP contribution in [0.4, 0.5) is 5.82 Å². The van der Waals surface area contributed by atoms with Crippen molar-refractivity contribution in [3.8, 4) is 11.1 Å². The Kier molecular flexibility index (Phi) is 5.15. The molecule has 5 nitrogen and oxygen atoms in total. The molecule has 5 rings (SSSR count). The molecule has 2 aromatic heterocycles. The standard InChI is InChI=1S/C24H22N4OS/c29-22(16-18-6-8-20(9-7-18)19-4-2-1-3-5-19)27-11-13-28(14-12-27)23-21-10-15-30-24(21)26-17-25-23/h1-10,15,17H,11-14,16H2. The molecular formula is C24H22N4OS. The van der Waals surface area contributed by atoms with Crippen LogP contribution in [0.15, 0.2) is 72.4 Å². The Morgan fingerprint density at radius 2 is 1.60 bits per heavy atom. The number of carbonyl (C=O) groups is 1. The topological polar surface area (TPSA) is 49.3 Å². The highest BCUT2D eigenvalue weighted by atomic mass is 32.1. The molecule has 0 atom stereocenters. The monoisotopic (exact) mass is 414 g/mol. The van der Waals surface area contributed by atoms with E-state index in [0.717, 1.165) is 47.8 Å².